The summed E-state index contributed by atoms with van der Waals surface area (Å²) in [6, 6.07) is 2.54. The molecule has 0 heterocycles. The van der Waals surface area contributed by atoms with Crippen molar-refractivity contribution < 1.29 is 18.3 Å². The van der Waals surface area contributed by atoms with E-state index in [4.69, 9.17) is 11.6 Å². The zero-order valence-electron chi connectivity index (χ0n) is 11.3. The molecule has 0 radical (unpaired) electrons. The summed E-state index contributed by atoms with van der Waals surface area (Å²) in [6.07, 6.45) is 2.33. The first-order chi connectivity index (χ1) is 10.2. The number of rotatable bonds is 4. The zero-order valence-corrected chi connectivity index (χ0v) is 12.9. The summed E-state index contributed by atoms with van der Waals surface area (Å²) in [5.74, 6) is 0. The number of benzene rings is 1. The Hall–Kier alpha value is -1.74. The van der Waals surface area contributed by atoms with Crippen molar-refractivity contribution in [3.05, 3.63) is 38.4 Å². The third kappa shape index (κ3) is 3.05. The summed E-state index contributed by atoms with van der Waals surface area (Å²) < 4.78 is 25.3. The van der Waals surface area contributed by atoms with E-state index in [1.54, 1.807) is 0 Å². The first-order valence-electron chi connectivity index (χ1n) is 6.56. The Labute approximate surface area is 131 Å². The number of nitro benzene ring substituents is 2. The monoisotopic (exact) mass is 348 g/mol. The Bertz CT molecular complexity index is 720. The second-order valence-electron chi connectivity index (χ2n) is 5.05. The third-order valence-electron chi connectivity index (χ3n) is 3.68. The summed E-state index contributed by atoms with van der Waals surface area (Å²) in [5, 5.41) is 20.3. The molecule has 2 rings (SSSR count). The van der Waals surface area contributed by atoms with Gasteiger partial charge < -0.3 is 0 Å². The maximum absolute atomic E-state index is 12.6. The molecule has 22 heavy (non-hydrogen) atoms. The Morgan fingerprint density at radius 2 is 1.73 bits per heavy atom. The van der Waals surface area contributed by atoms with E-state index in [0.717, 1.165) is 18.6 Å². The lowest BCUT2D eigenvalue weighted by Crippen LogP contribution is -2.34. The second kappa shape index (κ2) is 6.17. The van der Waals surface area contributed by atoms with Crippen LogP contribution in [0, 0.1) is 20.2 Å². The predicted octanol–water partition coefficient (Wildman–Crippen LogP) is 2.83. The zero-order chi connectivity index (χ0) is 16.5. The van der Waals surface area contributed by atoms with Gasteiger partial charge in [-0.25, -0.2) is 8.42 Å². The number of nitro groups is 2. The van der Waals surface area contributed by atoms with Gasteiger partial charge in [-0.15, -0.1) is 11.6 Å². The summed E-state index contributed by atoms with van der Waals surface area (Å²) in [5.41, 5.74) is -1.32. The summed E-state index contributed by atoms with van der Waals surface area (Å²) >= 11 is 6.07. The van der Waals surface area contributed by atoms with Gasteiger partial charge in [-0.2, -0.15) is 0 Å². The Balaban J connectivity index is 2.55. The maximum Gasteiger partial charge on any atom is 0.294 e. The molecule has 120 valence electrons. The van der Waals surface area contributed by atoms with E-state index in [1.807, 2.05) is 0 Å². The van der Waals surface area contributed by atoms with Gasteiger partial charge in [0.15, 0.2) is 9.84 Å². The average Bonchev–Trinajstić information content (AvgIpc) is 2.46. The molecular weight excluding hydrogens is 336 g/mol. The first kappa shape index (κ1) is 16.6. The molecule has 10 heteroatoms. The second-order valence-corrected chi connectivity index (χ2v) is 7.75. The van der Waals surface area contributed by atoms with Gasteiger partial charge in [-0.05, 0) is 18.9 Å². The minimum atomic E-state index is -4.03. The standard InChI is InChI=1S/C12H13ClN2O6S/c13-9-3-1-2-4-11(9)22(20,21)12-6-5-8(14(16)17)7-10(12)15(18)19/h5-7,9,11H,1-4H2/t9-,11-/m1/s1. The van der Waals surface area contributed by atoms with Crippen LogP contribution in [0.15, 0.2) is 23.1 Å². The highest BCUT2D eigenvalue weighted by Crippen LogP contribution is 2.36. The van der Waals surface area contributed by atoms with Gasteiger partial charge in [-0.3, -0.25) is 20.2 Å². The summed E-state index contributed by atoms with van der Waals surface area (Å²) in [7, 11) is -4.03. The fourth-order valence-electron chi connectivity index (χ4n) is 2.57. The number of sulfone groups is 1. The van der Waals surface area contributed by atoms with Crippen LogP contribution < -0.4 is 0 Å². The van der Waals surface area contributed by atoms with Gasteiger partial charge in [-0.1, -0.05) is 12.8 Å². The van der Waals surface area contributed by atoms with Crippen LogP contribution >= 0.6 is 11.6 Å². The van der Waals surface area contributed by atoms with Crippen molar-refractivity contribution in [2.75, 3.05) is 0 Å². The maximum atomic E-state index is 12.6. The Kier molecular flexibility index (Phi) is 4.66. The van der Waals surface area contributed by atoms with Crippen LogP contribution in [0.1, 0.15) is 25.7 Å². The van der Waals surface area contributed by atoms with Crippen LogP contribution in [0.25, 0.3) is 0 Å². The van der Waals surface area contributed by atoms with E-state index in [0.29, 0.717) is 25.3 Å². The number of hydrogen-bond donors (Lipinski definition) is 0. The van der Waals surface area contributed by atoms with Gasteiger partial charge in [0.25, 0.3) is 11.4 Å². The molecule has 2 atom stereocenters. The minimum Gasteiger partial charge on any atom is -0.258 e. The van der Waals surface area contributed by atoms with E-state index in [-0.39, 0.29) is 0 Å². The van der Waals surface area contributed by atoms with E-state index in [9.17, 15) is 28.6 Å². The molecule has 8 nitrogen and oxygen atoms in total. The molecule has 1 fully saturated rings. The highest BCUT2D eigenvalue weighted by molar-refractivity contribution is 7.92. The fraction of sp³-hybridized carbons (Fsp3) is 0.500. The molecule has 1 aliphatic rings. The Morgan fingerprint density at radius 3 is 2.27 bits per heavy atom. The fourth-order valence-corrected chi connectivity index (χ4v) is 5.26. The number of non-ortho nitro benzene ring substituents is 1. The third-order valence-corrected chi connectivity index (χ3v) is 6.67. The van der Waals surface area contributed by atoms with Gasteiger partial charge in [0.1, 0.15) is 4.90 Å². The van der Waals surface area contributed by atoms with Crippen molar-refractivity contribution in [3.63, 3.8) is 0 Å². The molecule has 1 aromatic carbocycles. The molecular formula is C12H13ClN2O6S. The smallest absolute Gasteiger partial charge is 0.258 e. The highest BCUT2D eigenvalue weighted by atomic mass is 35.5. The predicted molar refractivity (Wildman–Crippen MR) is 78.8 cm³/mol. The van der Waals surface area contributed by atoms with E-state index in [2.05, 4.69) is 0 Å². The van der Waals surface area contributed by atoms with Crippen molar-refractivity contribution in [2.24, 2.45) is 0 Å². The Morgan fingerprint density at radius 1 is 1.09 bits per heavy atom. The average molecular weight is 349 g/mol. The number of hydrogen-bond acceptors (Lipinski definition) is 6. The van der Waals surface area contributed by atoms with E-state index < -0.39 is 46.6 Å². The van der Waals surface area contributed by atoms with Gasteiger partial charge in [0, 0.05) is 6.07 Å². The first-order valence-corrected chi connectivity index (χ1v) is 8.54. The van der Waals surface area contributed by atoms with Crippen LogP contribution in [0.4, 0.5) is 11.4 Å². The summed E-state index contributed by atoms with van der Waals surface area (Å²) in [6.45, 7) is 0. The normalized spacial score (nSPS) is 22.2. The molecule has 0 N–H and O–H groups in total. The van der Waals surface area contributed by atoms with E-state index in [1.165, 1.54) is 0 Å². The SMILES string of the molecule is O=[N+]([O-])c1ccc(S(=O)(=O)[C@@H]2CCCC[C@H]2Cl)c([N+](=O)[O-])c1. The number of nitrogens with zero attached hydrogens (tertiary/aromatic N) is 2. The topological polar surface area (TPSA) is 120 Å². The van der Waals surface area contributed by atoms with Crippen LogP contribution in [-0.4, -0.2) is 28.9 Å². The molecule has 1 saturated carbocycles. The molecule has 1 aromatic rings. The molecule has 0 spiro atoms. The van der Waals surface area contributed by atoms with Crippen molar-refractivity contribution >= 4 is 32.8 Å². The van der Waals surface area contributed by atoms with E-state index >= 15 is 0 Å². The van der Waals surface area contributed by atoms with Crippen molar-refractivity contribution in [1.82, 2.24) is 0 Å². The van der Waals surface area contributed by atoms with Crippen molar-refractivity contribution in [2.45, 2.75) is 41.2 Å². The molecule has 0 unspecified atom stereocenters. The lowest BCUT2D eigenvalue weighted by atomic mass is 10.00. The lowest BCUT2D eigenvalue weighted by molar-refractivity contribution is -0.396. The van der Waals surface area contributed by atoms with Gasteiger partial charge in [0.05, 0.1) is 26.5 Å². The van der Waals surface area contributed by atoms with Crippen LogP contribution in [-0.2, 0) is 9.84 Å². The molecule has 0 amide bonds. The summed E-state index contributed by atoms with van der Waals surface area (Å²) in [4.78, 5) is 19.5. The number of alkyl halides is 1. The molecule has 0 aromatic heterocycles. The minimum absolute atomic E-state index is 0.324. The van der Waals surface area contributed by atoms with Gasteiger partial charge >= 0.3 is 0 Å². The number of halogens is 1. The highest BCUT2D eigenvalue weighted by Gasteiger charge is 2.39. The quantitative estimate of drug-likeness (QED) is 0.468. The molecule has 1 aliphatic carbocycles. The van der Waals surface area contributed by atoms with Crippen LogP contribution in [0.5, 0.6) is 0 Å². The van der Waals surface area contributed by atoms with Crippen LogP contribution in [0.3, 0.4) is 0 Å². The van der Waals surface area contributed by atoms with Crippen molar-refractivity contribution in [3.8, 4) is 0 Å². The van der Waals surface area contributed by atoms with Gasteiger partial charge in [0.2, 0.25) is 0 Å². The largest absolute Gasteiger partial charge is 0.294 e. The lowest BCUT2D eigenvalue weighted by Gasteiger charge is -2.26. The molecule has 0 bridgehead atoms. The molecule has 0 saturated heterocycles. The van der Waals surface area contributed by atoms with Crippen molar-refractivity contribution in [1.29, 1.82) is 0 Å². The molecule has 0 aliphatic heterocycles. The van der Waals surface area contributed by atoms with Crippen LogP contribution in [0.2, 0.25) is 0 Å².